The highest BCUT2D eigenvalue weighted by atomic mass is 15.1. The summed E-state index contributed by atoms with van der Waals surface area (Å²) in [6.07, 6.45) is 9.81. The Hall–Kier alpha value is -1.61. The van der Waals surface area contributed by atoms with E-state index in [0.717, 1.165) is 13.1 Å². The Morgan fingerprint density at radius 1 is 0.895 bits per heavy atom. The van der Waals surface area contributed by atoms with Crippen LogP contribution in [0.15, 0.2) is 43.0 Å². The Bertz CT molecular complexity index is 481. The second-order valence-electron chi connectivity index (χ2n) is 5.39. The zero-order valence-corrected chi connectivity index (χ0v) is 11.3. The Morgan fingerprint density at radius 3 is 2.21 bits per heavy atom. The minimum Gasteiger partial charge on any atom is -0.333 e. The molecule has 0 spiro atoms. The van der Waals surface area contributed by atoms with Crippen LogP contribution in [0.3, 0.4) is 0 Å². The summed E-state index contributed by atoms with van der Waals surface area (Å²) in [7, 11) is 0. The van der Waals surface area contributed by atoms with E-state index in [1.54, 1.807) is 0 Å². The van der Waals surface area contributed by atoms with Crippen molar-refractivity contribution < 1.29 is 0 Å². The van der Waals surface area contributed by atoms with Crippen LogP contribution < -0.4 is 0 Å². The number of nitrogens with zero attached hydrogens (tertiary/aromatic N) is 3. The number of piperidine rings is 1. The van der Waals surface area contributed by atoms with Crippen molar-refractivity contribution in [1.82, 2.24) is 14.5 Å². The first-order valence-corrected chi connectivity index (χ1v) is 7.16. The van der Waals surface area contributed by atoms with Gasteiger partial charge in [-0.2, -0.15) is 0 Å². The minimum atomic E-state index is 0.907. The molecular weight excluding hydrogens is 234 g/mol. The standard InChI is InChI=1S/C16H21N3/c1-2-9-18(10-3-1)12-15-4-6-16(7-5-15)13-19-11-8-17-14-19/h4-8,11,14H,1-3,9-10,12-13H2. The van der Waals surface area contributed by atoms with Crippen LogP contribution in [0.25, 0.3) is 0 Å². The molecule has 0 atom stereocenters. The average Bonchev–Trinajstić information content (AvgIpc) is 2.95. The van der Waals surface area contributed by atoms with E-state index in [9.17, 15) is 0 Å². The number of hydrogen-bond acceptors (Lipinski definition) is 2. The summed E-state index contributed by atoms with van der Waals surface area (Å²) in [6.45, 7) is 4.53. The summed E-state index contributed by atoms with van der Waals surface area (Å²) < 4.78 is 2.10. The van der Waals surface area contributed by atoms with Crippen LogP contribution in [-0.2, 0) is 13.1 Å². The van der Waals surface area contributed by atoms with Gasteiger partial charge in [0.1, 0.15) is 0 Å². The molecule has 1 aromatic carbocycles. The van der Waals surface area contributed by atoms with E-state index >= 15 is 0 Å². The molecule has 3 rings (SSSR count). The number of imidazole rings is 1. The molecule has 1 aliphatic rings. The van der Waals surface area contributed by atoms with Gasteiger partial charge in [-0.15, -0.1) is 0 Å². The molecule has 0 aliphatic carbocycles. The van der Waals surface area contributed by atoms with E-state index in [1.165, 1.54) is 43.5 Å². The molecule has 2 heterocycles. The van der Waals surface area contributed by atoms with Crippen molar-refractivity contribution in [3.05, 3.63) is 54.1 Å². The predicted octanol–water partition coefficient (Wildman–Crippen LogP) is 2.92. The second kappa shape index (κ2) is 6.02. The summed E-state index contributed by atoms with van der Waals surface area (Å²) in [5.74, 6) is 0. The number of aromatic nitrogens is 2. The molecule has 0 amide bonds. The van der Waals surface area contributed by atoms with Crippen LogP contribution in [0.4, 0.5) is 0 Å². The van der Waals surface area contributed by atoms with E-state index in [1.807, 2.05) is 18.7 Å². The fraction of sp³-hybridized carbons (Fsp3) is 0.438. The smallest absolute Gasteiger partial charge is 0.0949 e. The molecule has 0 saturated carbocycles. The predicted molar refractivity (Wildman–Crippen MR) is 76.9 cm³/mol. The maximum Gasteiger partial charge on any atom is 0.0949 e. The third-order valence-electron chi connectivity index (χ3n) is 3.80. The first kappa shape index (κ1) is 12.4. The summed E-state index contributed by atoms with van der Waals surface area (Å²) in [4.78, 5) is 6.63. The Kier molecular flexibility index (Phi) is 3.94. The molecule has 19 heavy (non-hydrogen) atoms. The van der Waals surface area contributed by atoms with Crippen molar-refractivity contribution in [1.29, 1.82) is 0 Å². The molecule has 0 unspecified atom stereocenters. The van der Waals surface area contributed by atoms with Crippen molar-refractivity contribution in [3.63, 3.8) is 0 Å². The minimum absolute atomic E-state index is 0.907. The molecular formula is C16H21N3. The molecule has 1 aliphatic heterocycles. The Labute approximate surface area is 114 Å². The lowest BCUT2D eigenvalue weighted by molar-refractivity contribution is 0.221. The molecule has 3 nitrogen and oxygen atoms in total. The highest BCUT2D eigenvalue weighted by Gasteiger charge is 2.10. The lowest BCUT2D eigenvalue weighted by Crippen LogP contribution is -2.29. The Balaban J connectivity index is 1.58. The highest BCUT2D eigenvalue weighted by Crippen LogP contribution is 2.14. The van der Waals surface area contributed by atoms with Crippen molar-refractivity contribution >= 4 is 0 Å². The van der Waals surface area contributed by atoms with Gasteiger partial charge in [0.15, 0.2) is 0 Å². The number of likely N-dealkylation sites (tertiary alicyclic amines) is 1. The molecule has 2 aromatic rings. The molecule has 100 valence electrons. The fourth-order valence-electron chi connectivity index (χ4n) is 2.72. The van der Waals surface area contributed by atoms with E-state index < -0.39 is 0 Å². The monoisotopic (exact) mass is 255 g/mol. The SMILES string of the molecule is c1cn(Cc2ccc(CN3CCCCC3)cc2)cn1. The number of hydrogen-bond donors (Lipinski definition) is 0. The molecule has 0 radical (unpaired) electrons. The van der Waals surface area contributed by atoms with Gasteiger partial charge in [-0.3, -0.25) is 4.90 Å². The van der Waals surface area contributed by atoms with Crippen LogP contribution in [-0.4, -0.2) is 27.5 Å². The van der Waals surface area contributed by atoms with Crippen molar-refractivity contribution in [2.75, 3.05) is 13.1 Å². The maximum absolute atomic E-state index is 4.07. The van der Waals surface area contributed by atoms with Gasteiger partial charge in [0, 0.05) is 25.5 Å². The fourth-order valence-corrected chi connectivity index (χ4v) is 2.72. The lowest BCUT2D eigenvalue weighted by Gasteiger charge is -2.26. The zero-order chi connectivity index (χ0) is 12.9. The van der Waals surface area contributed by atoms with Gasteiger partial charge in [0.25, 0.3) is 0 Å². The van der Waals surface area contributed by atoms with E-state index in [4.69, 9.17) is 0 Å². The van der Waals surface area contributed by atoms with E-state index in [2.05, 4.69) is 38.7 Å². The maximum atomic E-state index is 4.07. The summed E-state index contributed by atoms with van der Waals surface area (Å²) in [5, 5.41) is 0. The quantitative estimate of drug-likeness (QED) is 0.837. The van der Waals surface area contributed by atoms with Crippen LogP contribution in [0.1, 0.15) is 30.4 Å². The summed E-state index contributed by atoms with van der Waals surface area (Å²) >= 11 is 0. The first-order valence-electron chi connectivity index (χ1n) is 7.16. The van der Waals surface area contributed by atoms with Gasteiger partial charge in [-0.1, -0.05) is 30.7 Å². The van der Waals surface area contributed by atoms with Crippen LogP contribution in [0, 0.1) is 0 Å². The lowest BCUT2D eigenvalue weighted by atomic mass is 10.1. The van der Waals surface area contributed by atoms with Crippen molar-refractivity contribution in [3.8, 4) is 0 Å². The molecule has 0 N–H and O–H groups in total. The van der Waals surface area contributed by atoms with E-state index in [-0.39, 0.29) is 0 Å². The normalized spacial score (nSPS) is 16.6. The van der Waals surface area contributed by atoms with Gasteiger partial charge in [-0.25, -0.2) is 4.98 Å². The van der Waals surface area contributed by atoms with E-state index in [0.29, 0.717) is 0 Å². The molecule has 0 bridgehead atoms. The molecule has 1 fully saturated rings. The van der Waals surface area contributed by atoms with Gasteiger partial charge in [0.05, 0.1) is 6.33 Å². The van der Waals surface area contributed by atoms with Crippen LogP contribution in [0.2, 0.25) is 0 Å². The topological polar surface area (TPSA) is 21.1 Å². The van der Waals surface area contributed by atoms with Crippen LogP contribution >= 0.6 is 0 Å². The molecule has 3 heteroatoms. The van der Waals surface area contributed by atoms with Gasteiger partial charge >= 0.3 is 0 Å². The van der Waals surface area contributed by atoms with Crippen molar-refractivity contribution in [2.45, 2.75) is 32.4 Å². The van der Waals surface area contributed by atoms with Crippen molar-refractivity contribution in [2.24, 2.45) is 0 Å². The van der Waals surface area contributed by atoms with Gasteiger partial charge < -0.3 is 4.57 Å². The molecule has 1 aromatic heterocycles. The van der Waals surface area contributed by atoms with Crippen LogP contribution in [0.5, 0.6) is 0 Å². The highest BCUT2D eigenvalue weighted by molar-refractivity contribution is 5.22. The molecule has 1 saturated heterocycles. The first-order chi connectivity index (χ1) is 9.40. The third kappa shape index (κ3) is 3.44. The second-order valence-corrected chi connectivity index (χ2v) is 5.39. The zero-order valence-electron chi connectivity index (χ0n) is 11.3. The average molecular weight is 255 g/mol. The number of benzene rings is 1. The van der Waals surface area contributed by atoms with Gasteiger partial charge in [-0.05, 0) is 37.1 Å². The third-order valence-corrected chi connectivity index (χ3v) is 3.80. The Morgan fingerprint density at radius 2 is 1.58 bits per heavy atom. The van der Waals surface area contributed by atoms with Gasteiger partial charge in [0.2, 0.25) is 0 Å². The summed E-state index contributed by atoms with van der Waals surface area (Å²) in [6, 6.07) is 9.00. The largest absolute Gasteiger partial charge is 0.333 e. The number of rotatable bonds is 4. The summed E-state index contributed by atoms with van der Waals surface area (Å²) in [5.41, 5.74) is 2.76.